The fraction of sp³-hybridized carbons (Fsp3) is 0.312. The number of halogens is 2. The van der Waals surface area contributed by atoms with Gasteiger partial charge in [-0.2, -0.15) is 0 Å². The van der Waals surface area contributed by atoms with Crippen LogP contribution in [0.5, 0.6) is 5.75 Å². The molecule has 0 saturated carbocycles. The molecule has 2 aromatic rings. The van der Waals surface area contributed by atoms with Crippen LogP contribution >= 0.6 is 0 Å². The van der Waals surface area contributed by atoms with Gasteiger partial charge in [0.2, 0.25) is 10.0 Å². The zero-order valence-corrected chi connectivity index (χ0v) is 15.2. The van der Waals surface area contributed by atoms with Crippen molar-refractivity contribution < 1.29 is 26.7 Å². The number of hydrogen-bond acceptors (Lipinski definition) is 4. The Morgan fingerprint density at radius 2 is 2.00 bits per heavy atom. The largest absolute Gasteiger partial charge is 0.488 e. The molecule has 142 valence electrons. The number of carbonyl (C=O) groups excluding carboxylic acids is 1. The van der Waals surface area contributed by atoms with Crippen molar-refractivity contribution in [3.05, 3.63) is 47.8 Å². The molecule has 1 aromatic heterocycles. The van der Waals surface area contributed by atoms with Crippen LogP contribution in [0, 0.1) is 11.6 Å². The highest BCUT2D eigenvalue weighted by atomic mass is 32.2. The summed E-state index contributed by atoms with van der Waals surface area (Å²) in [6.07, 6.45) is 1.32. The molecular weight excluding hydrogens is 368 g/mol. The van der Waals surface area contributed by atoms with Crippen molar-refractivity contribution in [3.63, 3.8) is 0 Å². The molecule has 1 amide bonds. The van der Waals surface area contributed by atoms with E-state index in [1.54, 1.807) is 14.0 Å². The number of aromatic nitrogens is 1. The number of rotatable bonds is 7. The predicted octanol–water partition coefficient (Wildman–Crippen LogP) is 1.41. The standard InChI is InChI=1S/C16H19F2N3O4S/c1-10(9-25-15-5-4-11(17)6-13(15)18)20-16(22)14-7-12(8-21(14)3)26(23,24)19-2/h4-8,10,19H,9H2,1-3H3,(H,20,22). The topological polar surface area (TPSA) is 89.4 Å². The van der Waals surface area contributed by atoms with Crippen molar-refractivity contribution in [3.8, 4) is 5.75 Å². The van der Waals surface area contributed by atoms with E-state index < -0.39 is 33.6 Å². The second-order valence-electron chi connectivity index (χ2n) is 5.64. The molecule has 0 aliphatic carbocycles. The minimum absolute atomic E-state index is 0.0371. The summed E-state index contributed by atoms with van der Waals surface area (Å²) in [5.41, 5.74) is 0.138. The Balaban J connectivity index is 2.01. The molecule has 0 spiro atoms. The molecule has 1 unspecified atom stereocenters. The van der Waals surface area contributed by atoms with Crippen LogP contribution in [0.2, 0.25) is 0 Å². The van der Waals surface area contributed by atoms with E-state index in [9.17, 15) is 22.0 Å². The Morgan fingerprint density at radius 3 is 2.62 bits per heavy atom. The van der Waals surface area contributed by atoms with Gasteiger partial charge in [-0.1, -0.05) is 0 Å². The molecule has 0 aliphatic heterocycles. The molecule has 7 nitrogen and oxygen atoms in total. The van der Waals surface area contributed by atoms with E-state index in [1.165, 1.54) is 23.9 Å². The van der Waals surface area contributed by atoms with Crippen LogP contribution in [0.15, 0.2) is 35.4 Å². The average Bonchev–Trinajstić information content (AvgIpc) is 2.97. The summed E-state index contributed by atoms with van der Waals surface area (Å²) in [7, 11) is -0.850. The predicted molar refractivity (Wildman–Crippen MR) is 90.4 cm³/mol. The zero-order chi connectivity index (χ0) is 19.5. The van der Waals surface area contributed by atoms with Gasteiger partial charge in [0.15, 0.2) is 11.6 Å². The van der Waals surface area contributed by atoms with Crippen LogP contribution in [0.3, 0.4) is 0 Å². The molecule has 1 atom stereocenters. The lowest BCUT2D eigenvalue weighted by Gasteiger charge is -2.15. The van der Waals surface area contributed by atoms with Gasteiger partial charge in [-0.3, -0.25) is 4.79 Å². The van der Waals surface area contributed by atoms with Crippen molar-refractivity contribution in [2.45, 2.75) is 17.9 Å². The van der Waals surface area contributed by atoms with E-state index in [4.69, 9.17) is 4.74 Å². The van der Waals surface area contributed by atoms with Crippen molar-refractivity contribution in [1.29, 1.82) is 0 Å². The number of amides is 1. The smallest absolute Gasteiger partial charge is 0.268 e. The van der Waals surface area contributed by atoms with E-state index in [0.29, 0.717) is 6.07 Å². The molecule has 0 saturated heterocycles. The van der Waals surface area contributed by atoms with E-state index in [0.717, 1.165) is 12.1 Å². The van der Waals surface area contributed by atoms with Gasteiger partial charge in [0.25, 0.3) is 5.91 Å². The van der Waals surface area contributed by atoms with Crippen molar-refractivity contribution in [1.82, 2.24) is 14.6 Å². The van der Waals surface area contributed by atoms with Gasteiger partial charge < -0.3 is 14.6 Å². The average molecular weight is 387 g/mol. The number of benzene rings is 1. The fourth-order valence-electron chi connectivity index (χ4n) is 2.17. The van der Waals surface area contributed by atoms with Gasteiger partial charge >= 0.3 is 0 Å². The first-order valence-electron chi connectivity index (χ1n) is 7.62. The van der Waals surface area contributed by atoms with Gasteiger partial charge in [-0.25, -0.2) is 21.9 Å². The normalized spacial score (nSPS) is 12.7. The van der Waals surface area contributed by atoms with Crippen LogP contribution in [0.1, 0.15) is 17.4 Å². The maximum Gasteiger partial charge on any atom is 0.268 e. The lowest BCUT2D eigenvalue weighted by atomic mass is 10.3. The van der Waals surface area contributed by atoms with Crippen molar-refractivity contribution in [2.75, 3.05) is 13.7 Å². The second kappa shape index (κ2) is 7.83. The Kier molecular flexibility index (Phi) is 5.98. The Morgan fingerprint density at radius 1 is 1.31 bits per heavy atom. The number of sulfonamides is 1. The van der Waals surface area contributed by atoms with Crippen LogP contribution in [-0.4, -0.2) is 38.6 Å². The summed E-state index contributed by atoms with van der Waals surface area (Å²) >= 11 is 0. The Hall–Kier alpha value is -2.46. The lowest BCUT2D eigenvalue weighted by molar-refractivity contribution is 0.0918. The van der Waals surface area contributed by atoms with E-state index >= 15 is 0 Å². The highest BCUT2D eigenvalue weighted by Crippen LogP contribution is 2.18. The van der Waals surface area contributed by atoms with Gasteiger partial charge in [-0.05, 0) is 32.2 Å². The quantitative estimate of drug-likeness (QED) is 0.752. The van der Waals surface area contributed by atoms with Crippen LogP contribution in [0.25, 0.3) is 0 Å². The first-order valence-corrected chi connectivity index (χ1v) is 9.11. The van der Waals surface area contributed by atoms with Crippen LogP contribution < -0.4 is 14.8 Å². The molecule has 0 radical (unpaired) electrons. The SMILES string of the molecule is CNS(=O)(=O)c1cc(C(=O)NC(C)COc2ccc(F)cc2F)n(C)c1. The van der Waals surface area contributed by atoms with Gasteiger partial charge in [0.1, 0.15) is 23.0 Å². The number of carbonyl (C=O) groups is 1. The molecule has 2 rings (SSSR count). The number of ether oxygens (including phenoxy) is 1. The van der Waals surface area contributed by atoms with E-state index in [-0.39, 0.29) is 22.9 Å². The summed E-state index contributed by atoms with van der Waals surface area (Å²) in [6, 6.07) is 3.66. The summed E-state index contributed by atoms with van der Waals surface area (Å²) in [6.45, 7) is 1.58. The molecule has 0 fully saturated rings. The maximum absolute atomic E-state index is 13.5. The van der Waals surface area contributed by atoms with Gasteiger partial charge in [-0.15, -0.1) is 0 Å². The summed E-state index contributed by atoms with van der Waals surface area (Å²) in [5.74, 6) is -2.20. The molecule has 2 N–H and O–H groups in total. The zero-order valence-electron chi connectivity index (χ0n) is 14.4. The number of aryl methyl sites for hydroxylation is 1. The Bertz CT molecular complexity index is 912. The molecule has 26 heavy (non-hydrogen) atoms. The molecule has 0 aliphatic rings. The number of hydrogen-bond donors (Lipinski definition) is 2. The third kappa shape index (κ3) is 4.58. The first-order chi connectivity index (χ1) is 12.1. The van der Waals surface area contributed by atoms with E-state index in [2.05, 4.69) is 10.0 Å². The summed E-state index contributed by atoms with van der Waals surface area (Å²) in [4.78, 5) is 12.3. The molecular formula is C16H19F2N3O4S. The molecule has 0 bridgehead atoms. The lowest BCUT2D eigenvalue weighted by Crippen LogP contribution is -2.37. The van der Waals surface area contributed by atoms with Crippen LogP contribution in [-0.2, 0) is 17.1 Å². The minimum Gasteiger partial charge on any atom is -0.488 e. The Labute approximate surface area is 150 Å². The highest BCUT2D eigenvalue weighted by molar-refractivity contribution is 7.89. The molecule has 1 aromatic carbocycles. The number of nitrogens with zero attached hydrogens (tertiary/aromatic N) is 1. The summed E-state index contributed by atoms with van der Waals surface area (Å²) < 4.78 is 58.7. The third-order valence-corrected chi connectivity index (χ3v) is 4.93. The molecule has 10 heteroatoms. The van der Waals surface area contributed by atoms with E-state index in [1.807, 2.05) is 0 Å². The highest BCUT2D eigenvalue weighted by Gasteiger charge is 2.20. The van der Waals surface area contributed by atoms with Crippen molar-refractivity contribution >= 4 is 15.9 Å². The third-order valence-electron chi connectivity index (χ3n) is 3.55. The molecule has 1 heterocycles. The van der Waals surface area contributed by atoms with Gasteiger partial charge in [0, 0.05) is 19.3 Å². The second-order valence-corrected chi connectivity index (χ2v) is 7.53. The first kappa shape index (κ1) is 19.9. The minimum atomic E-state index is -3.66. The maximum atomic E-state index is 13.5. The fourth-order valence-corrected chi connectivity index (χ4v) is 2.97. The van der Waals surface area contributed by atoms with Crippen molar-refractivity contribution in [2.24, 2.45) is 7.05 Å². The van der Waals surface area contributed by atoms with Gasteiger partial charge in [0.05, 0.1) is 6.04 Å². The van der Waals surface area contributed by atoms with Crippen LogP contribution in [0.4, 0.5) is 8.78 Å². The summed E-state index contributed by atoms with van der Waals surface area (Å²) in [5, 5.41) is 2.62. The monoisotopic (exact) mass is 387 g/mol. The number of nitrogens with one attached hydrogen (secondary N) is 2.